The number of nitrogens with one attached hydrogen (secondary N) is 1. The zero-order valence-electron chi connectivity index (χ0n) is 15.3. The van der Waals surface area contributed by atoms with Crippen molar-refractivity contribution in [3.05, 3.63) is 65.2 Å². The fourth-order valence-corrected chi connectivity index (χ4v) is 3.23. The Labute approximate surface area is 165 Å². The number of hydrogen-bond acceptors (Lipinski definition) is 7. The van der Waals surface area contributed by atoms with Gasteiger partial charge in [0, 0.05) is 24.4 Å². The van der Waals surface area contributed by atoms with Crippen molar-refractivity contribution in [1.82, 2.24) is 9.55 Å². The molecule has 150 valence electrons. The SMILES string of the molecule is O=C(Nc1ccc2ccccc2c1)Oc1ccn([C@H]2CC(O)[C@@H](CO)O2)c(=O)n1. The van der Waals surface area contributed by atoms with Crippen molar-refractivity contribution in [2.24, 2.45) is 0 Å². The molecular formula is C20H19N3O6. The number of aliphatic hydroxyl groups is 2. The molecule has 0 saturated carbocycles. The quantitative estimate of drug-likeness (QED) is 0.612. The van der Waals surface area contributed by atoms with E-state index in [1.807, 2.05) is 36.4 Å². The lowest BCUT2D eigenvalue weighted by molar-refractivity contribution is -0.0459. The molecule has 0 bridgehead atoms. The van der Waals surface area contributed by atoms with E-state index >= 15 is 0 Å². The van der Waals surface area contributed by atoms with Crippen LogP contribution in [0.5, 0.6) is 5.88 Å². The smallest absolute Gasteiger partial charge is 0.394 e. The van der Waals surface area contributed by atoms with Crippen molar-refractivity contribution in [1.29, 1.82) is 0 Å². The first-order valence-corrected chi connectivity index (χ1v) is 9.05. The fraction of sp³-hybridized carbons (Fsp3) is 0.250. The molecule has 1 aliphatic rings. The summed E-state index contributed by atoms with van der Waals surface area (Å²) in [5.74, 6) is -0.165. The Morgan fingerprint density at radius 3 is 2.76 bits per heavy atom. The van der Waals surface area contributed by atoms with Crippen molar-refractivity contribution >= 4 is 22.6 Å². The van der Waals surface area contributed by atoms with Crippen LogP contribution >= 0.6 is 0 Å². The molecule has 29 heavy (non-hydrogen) atoms. The average molecular weight is 397 g/mol. The van der Waals surface area contributed by atoms with Crippen LogP contribution in [0.1, 0.15) is 12.6 Å². The maximum atomic E-state index is 12.2. The molecular weight excluding hydrogens is 378 g/mol. The van der Waals surface area contributed by atoms with Crippen molar-refractivity contribution in [3.63, 3.8) is 0 Å². The second-order valence-electron chi connectivity index (χ2n) is 6.65. The lowest BCUT2D eigenvalue weighted by Crippen LogP contribution is -2.28. The fourth-order valence-electron chi connectivity index (χ4n) is 3.23. The highest BCUT2D eigenvalue weighted by atomic mass is 16.6. The van der Waals surface area contributed by atoms with Gasteiger partial charge in [-0.1, -0.05) is 30.3 Å². The molecule has 3 N–H and O–H groups in total. The molecule has 2 heterocycles. The Kier molecular flexibility index (Phi) is 5.26. The number of aliphatic hydroxyl groups excluding tert-OH is 2. The first-order chi connectivity index (χ1) is 14.0. The summed E-state index contributed by atoms with van der Waals surface area (Å²) in [6, 6.07) is 14.5. The molecule has 1 aliphatic heterocycles. The molecule has 1 unspecified atom stereocenters. The summed E-state index contributed by atoms with van der Waals surface area (Å²) in [7, 11) is 0. The van der Waals surface area contributed by atoms with Gasteiger partial charge in [0.2, 0.25) is 5.88 Å². The molecule has 2 aromatic carbocycles. The molecule has 0 spiro atoms. The maximum Gasteiger partial charge on any atom is 0.418 e. The van der Waals surface area contributed by atoms with Gasteiger partial charge in [-0.25, -0.2) is 9.59 Å². The summed E-state index contributed by atoms with van der Waals surface area (Å²) in [6.07, 6.45) is -1.64. The second kappa shape index (κ2) is 8.00. The van der Waals surface area contributed by atoms with E-state index in [0.29, 0.717) is 5.69 Å². The Morgan fingerprint density at radius 1 is 1.24 bits per heavy atom. The molecule has 0 aliphatic carbocycles. The third kappa shape index (κ3) is 4.11. The van der Waals surface area contributed by atoms with Crippen LogP contribution in [0.4, 0.5) is 10.5 Å². The predicted molar refractivity (Wildman–Crippen MR) is 104 cm³/mol. The second-order valence-corrected chi connectivity index (χ2v) is 6.65. The van der Waals surface area contributed by atoms with Gasteiger partial charge in [0.25, 0.3) is 0 Å². The highest BCUT2D eigenvalue weighted by Crippen LogP contribution is 2.27. The zero-order valence-corrected chi connectivity index (χ0v) is 15.3. The van der Waals surface area contributed by atoms with Gasteiger partial charge in [-0.3, -0.25) is 9.88 Å². The Hall–Kier alpha value is -3.27. The third-order valence-corrected chi connectivity index (χ3v) is 4.69. The molecule has 0 radical (unpaired) electrons. The van der Waals surface area contributed by atoms with Gasteiger partial charge in [-0.15, -0.1) is 0 Å². The largest absolute Gasteiger partial charge is 0.418 e. The van der Waals surface area contributed by atoms with Crippen molar-refractivity contribution in [2.75, 3.05) is 11.9 Å². The van der Waals surface area contributed by atoms with Gasteiger partial charge in [0.05, 0.1) is 12.7 Å². The maximum absolute atomic E-state index is 12.2. The highest BCUT2D eigenvalue weighted by molar-refractivity contribution is 5.91. The summed E-state index contributed by atoms with van der Waals surface area (Å²) < 4.78 is 11.7. The van der Waals surface area contributed by atoms with E-state index in [1.54, 1.807) is 6.07 Å². The van der Waals surface area contributed by atoms with Crippen LogP contribution in [0.3, 0.4) is 0 Å². The number of carbonyl (C=O) groups is 1. The summed E-state index contributed by atoms with van der Waals surface area (Å²) in [4.78, 5) is 28.1. The van der Waals surface area contributed by atoms with Gasteiger partial charge in [-0.05, 0) is 22.9 Å². The first-order valence-electron chi connectivity index (χ1n) is 9.05. The van der Waals surface area contributed by atoms with E-state index in [9.17, 15) is 14.7 Å². The van der Waals surface area contributed by atoms with E-state index in [0.717, 1.165) is 10.8 Å². The number of carbonyl (C=O) groups excluding carboxylic acids is 1. The van der Waals surface area contributed by atoms with Crippen LogP contribution in [0, 0.1) is 0 Å². The van der Waals surface area contributed by atoms with Crippen LogP contribution in [-0.2, 0) is 4.74 Å². The van der Waals surface area contributed by atoms with Gasteiger partial charge in [0.15, 0.2) is 0 Å². The molecule has 9 heteroatoms. The van der Waals surface area contributed by atoms with Crippen LogP contribution in [0.2, 0.25) is 0 Å². The molecule has 3 atom stereocenters. The molecule has 1 aromatic heterocycles. The summed E-state index contributed by atoms with van der Waals surface area (Å²) >= 11 is 0. The monoisotopic (exact) mass is 397 g/mol. The van der Waals surface area contributed by atoms with Gasteiger partial charge in [0.1, 0.15) is 12.3 Å². The lowest BCUT2D eigenvalue weighted by Gasteiger charge is -2.14. The zero-order chi connectivity index (χ0) is 20.4. The summed E-state index contributed by atoms with van der Waals surface area (Å²) in [5, 5.41) is 23.5. The standard InChI is InChI=1S/C20H19N3O6/c24-11-16-15(25)10-18(28-16)23-8-7-17(22-19(23)26)29-20(27)21-14-6-5-12-3-1-2-4-13(12)9-14/h1-9,15-16,18,24-25H,10-11H2,(H,21,27)/t15?,16-,18-/m1/s1. The lowest BCUT2D eigenvalue weighted by atomic mass is 10.1. The third-order valence-electron chi connectivity index (χ3n) is 4.69. The Balaban J connectivity index is 1.43. The topological polar surface area (TPSA) is 123 Å². The number of hydrogen-bond donors (Lipinski definition) is 3. The average Bonchev–Trinajstić information content (AvgIpc) is 3.08. The summed E-state index contributed by atoms with van der Waals surface area (Å²) in [5.41, 5.74) is -0.151. The minimum Gasteiger partial charge on any atom is -0.394 e. The van der Waals surface area contributed by atoms with Gasteiger partial charge in [-0.2, -0.15) is 4.98 Å². The number of benzene rings is 2. The minimum absolute atomic E-state index is 0.148. The normalized spacial score (nSPS) is 21.2. The number of amides is 1. The van der Waals surface area contributed by atoms with Gasteiger partial charge < -0.3 is 19.7 Å². The molecule has 1 saturated heterocycles. The number of rotatable bonds is 4. The van der Waals surface area contributed by atoms with Crippen LogP contribution in [0.25, 0.3) is 10.8 Å². The van der Waals surface area contributed by atoms with E-state index in [-0.39, 0.29) is 18.9 Å². The van der Waals surface area contributed by atoms with Crippen LogP contribution in [0.15, 0.2) is 59.5 Å². The number of aromatic nitrogens is 2. The van der Waals surface area contributed by atoms with Crippen LogP contribution in [-0.4, -0.2) is 44.7 Å². The van der Waals surface area contributed by atoms with E-state index in [4.69, 9.17) is 14.6 Å². The predicted octanol–water partition coefficient (Wildman–Crippen LogP) is 1.65. The number of nitrogens with zero attached hydrogens (tertiary/aromatic N) is 2. The van der Waals surface area contributed by atoms with E-state index < -0.39 is 30.2 Å². The molecule has 1 amide bonds. The van der Waals surface area contributed by atoms with Crippen molar-refractivity contribution in [2.45, 2.75) is 24.9 Å². The van der Waals surface area contributed by atoms with E-state index in [1.165, 1.54) is 16.8 Å². The molecule has 1 fully saturated rings. The van der Waals surface area contributed by atoms with Crippen molar-refractivity contribution in [3.8, 4) is 5.88 Å². The van der Waals surface area contributed by atoms with Crippen LogP contribution < -0.4 is 15.7 Å². The Bertz CT molecular complexity index is 1100. The first kappa shape index (κ1) is 19.1. The molecule has 3 aromatic rings. The highest BCUT2D eigenvalue weighted by Gasteiger charge is 2.35. The summed E-state index contributed by atoms with van der Waals surface area (Å²) in [6.45, 7) is -0.351. The number of ether oxygens (including phenoxy) is 2. The van der Waals surface area contributed by atoms with Gasteiger partial charge >= 0.3 is 11.8 Å². The van der Waals surface area contributed by atoms with Crippen molar-refractivity contribution < 1.29 is 24.5 Å². The Morgan fingerprint density at radius 2 is 2.03 bits per heavy atom. The number of anilines is 1. The molecule has 4 rings (SSSR count). The number of fused-ring (bicyclic) bond motifs is 1. The van der Waals surface area contributed by atoms with E-state index in [2.05, 4.69) is 10.3 Å². The molecule has 9 nitrogen and oxygen atoms in total. The minimum atomic E-state index is -0.874.